The smallest absolute Gasteiger partial charge is 0.0650 e. The highest BCUT2D eigenvalue weighted by Crippen LogP contribution is 2.25. The quantitative estimate of drug-likeness (QED) is 0.715. The van der Waals surface area contributed by atoms with Crippen molar-refractivity contribution in [2.75, 3.05) is 5.32 Å². The van der Waals surface area contributed by atoms with Crippen LogP contribution in [0.2, 0.25) is 0 Å². The van der Waals surface area contributed by atoms with E-state index in [0.29, 0.717) is 0 Å². The van der Waals surface area contributed by atoms with Crippen LogP contribution in [0.25, 0.3) is 10.8 Å². The Bertz CT molecular complexity index is 667. The normalized spacial score (nSPS) is 10.5. The van der Waals surface area contributed by atoms with Gasteiger partial charge in [0.05, 0.1) is 11.9 Å². The van der Waals surface area contributed by atoms with E-state index in [4.69, 9.17) is 0 Å². The minimum absolute atomic E-state index is 1.04. The van der Waals surface area contributed by atoms with Crippen molar-refractivity contribution in [3.63, 3.8) is 0 Å². The Labute approximate surface area is 106 Å². The number of rotatable bonds is 2. The number of hydrogen-bond donors (Lipinski definition) is 1. The molecular formula is C16H14N2. The molecule has 0 fully saturated rings. The van der Waals surface area contributed by atoms with Gasteiger partial charge >= 0.3 is 0 Å². The van der Waals surface area contributed by atoms with E-state index in [1.807, 2.05) is 24.5 Å². The summed E-state index contributed by atoms with van der Waals surface area (Å²) in [6.45, 7) is 2.09. The van der Waals surface area contributed by atoms with Gasteiger partial charge < -0.3 is 5.32 Å². The van der Waals surface area contributed by atoms with Crippen molar-refractivity contribution in [2.24, 2.45) is 0 Å². The van der Waals surface area contributed by atoms with Gasteiger partial charge in [-0.2, -0.15) is 0 Å². The zero-order valence-corrected chi connectivity index (χ0v) is 10.2. The standard InChI is InChI=1S/C16H14N2/c1-12-6-8-14(9-7-12)18-16-11-17-10-13-4-2-3-5-15(13)16/h2-11,18H,1H3. The van der Waals surface area contributed by atoms with Crippen molar-refractivity contribution in [2.45, 2.75) is 6.92 Å². The summed E-state index contributed by atoms with van der Waals surface area (Å²) in [5.41, 5.74) is 3.38. The van der Waals surface area contributed by atoms with Crippen LogP contribution in [0.5, 0.6) is 0 Å². The summed E-state index contributed by atoms with van der Waals surface area (Å²) in [6, 6.07) is 16.6. The molecule has 18 heavy (non-hydrogen) atoms. The fraction of sp³-hybridized carbons (Fsp3) is 0.0625. The molecular weight excluding hydrogens is 220 g/mol. The molecule has 2 nitrogen and oxygen atoms in total. The summed E-state index contributed by atoms with van der Waals surface area (Å²) in [5, 5.41) is 5.75. The Morgan fingerprint density at radius 3 is 2.50 bits per heavy atom. The number of aromatic nitrogens is 1. The first-order valence-corrected chi connectivity index (χ1v) is 5.99. The summed E-state index contributed by atoms with van der Waals surface area (Å²) in [7, 11) is 0. The number of nitrogens with one attached hydrogen (secondary N) is 1. The molecule has 0 aliphatic rings. The lowest BCUT2D eigenvalue weighted by Gasteiger charge is -2.09. The molecule has 0 aliphatic carbocycles. The van der Waals surface area contributed by atoms with Crippen LogP contribution >= 0.6 is 0 Å². The van der Waals surface area contributed by atoms with E-state index in [0.717, 1.165) is 16.8 Å². The number of aryl methyl sites for hydroxylation is 1. The van der Waals surface area contributed by atoms with Crippen LogP contribution in [0.1, 0.15) is 5.56 Å². The maximum absolute atomic E-state index is 4.26. The van der Waals surface area contributed by atoms with Gasteiger partial charge in [-0.3, -0.25) is 4.98 Å². The predicted octanol–water partition coefficient (Wildman–Crippen LogP) is 4.29. The maximum Gasteiger partial charge on any atom is 0.0650 e. The van der Waals surface area contributed by atoms with Gasteiger partial charge in [0.1, 0.15) is 0 Å². The second kappa shape index (κ2) is 4.49. The van der Waals surface area contributed by atoms with Crippen LogP contribution in [-0.4, -0.2) is 4.98 Å². The molecule has 0 bridgehead atoms. The van der Waals surface area contributed by atoms with Gasteiger partial charge in [-0.05, 0) is 19.1 Å². The van der Waals surface area contributed by atoms with Crippen LogP contribution in [0, 0.1) is 6.92 Å². The number of pyridine rings is 1. The molecule has 0 atom stereocenters. The van der Waals surface area contributed by atoms with Crippen LogP contribution in [0.3, 0.4) is 0 Å². The Hall–Kier alpha value is -2.35. The largest absolute Gasteiger partial charge is 0.354 e. The van der Waals surface area contributed by atoms with Crippen molar-refractivity contribution < 1.29 is 0 Å². The SMILES string of the molecule is Cc1ccc(Nc2cncc3ccccc23)cc1. The first-order valence-electron chi connectivity index (χ1n) is 5.99. The first-order chi connectivity index (χ1) is 8.83. The molecule has 2 aromatic carbocycles. The topological polar surface area (TPSA) is 24.9 Å². The summed E-state index contributed by atoms with van der Waals surface area (Å²) >= 11 is 0. The summed E-state index contributed by atoms with van der Waals surface area (Å²) in [5.74, 6) is 0. The summed E-state index contributed by atoms with van der Waals surface area (Å²) in [4.78, 5) is 4.26. The molecule has 2 heteroatoms. The highest BCUT2D eigenvalue weighted by Gasteiger charge is 2.01. The van der Waals surface area contributed by atoms with Gasteiger partial charge in [0.25, 0.3) is 0 Å². The van der Waals surface area contributed by atoms with E-state index < -0.39 is 0 Å². The van der Waals surface area contributed by atoms with Crippen molar-refractivity contribution in [1.82, 2.24) is 4.98 Å². The fourth-order valence-corrected chi connectivity index (χ4v) is 2.01. The van der Waals surface area contributed by atoms with Crippen LogP contribution in [-0.2, 0) is 0 Å². The zero-order chi connectivity index (χ0) is 12.4. The molecule has 0 amide bonds. The monoisotopic (exact) mass is 234 g/mol. The molecule has 3 aromatic rings. The third kappa shape index (κ3) is 2.05. The highest BCUT2D eigenvalue weighted by molar-refractivity contribution is 5.94. The van der Waals surface area contributed by atoms with Gasteiger partial charge in [0, 0.05) is 22.7 Å². The molecule has 0 radical (unpaired) electrons. The average Bonchev–Trinajstić information content (AvgIpc) is 2.42. The minimum Gasteiger partial charge on any atom is -0.354 e. The second-order valence-electron chi connectivity index (χ2n) is 4.40. The number of benzene rings is 2. The summed E-state index contributed by atoms with van der Waals surface area (Å²) < 4.78 is 0. The van der Waals surface area contributed by atoms with Crippen molar-refractivity contribution in [1.29, 1.82) is 0 Å². The number of fused-ring (bicyclic) bond motifs is 1. The fourth-order valence-electron chi connectivity index (χ4n) is 2.01. The highest BCUT2D eigenvalue weighted by atomic mass is 14.9. The average molecular weight is 234 g/mol. The first kappa shape index (κ1) is 10.8. The third-order valence-electron chi connectivity index (χ3n) is 3.00. The maximum atomic E-state index is 4.26. The Morgan fingerprint density at radius 1 is 0.889 bits per heavy atom. The van der Waals surface area contributed by atoms with Crippen molar-refractivity contribution in [3.8, 4) is 0 Å². The Morgan fingerprint density at radius 2 is 1.67 bits per heavy atom. The summed E-state index contributed by atoms with van der Waals surface area (Å²) in [6.07, 6.45) is 3.75. The molecule has 1 heterocycles. The van der Waals surface area contributed by atoms with E-state index in [1.54, 1.807) is 0 Å². The number of nitrogens with zero attached hydrogens (tertiary/aromatic N) is 1. The molecule has 88 valence electrons. The van der Waals surface area contributed by atoms with E-state index in [2.05, 4.69) is 53.6 Å². The van der Waals surface area contributed by atoms with Crippen molar-refractivity contribution in [3.05, 3.63) is 66.5 Å². The predicted molar refractivity (Wildman–Crippen MR) is 76.2 cm³/mol. The lowest BCUT2D eigenvalue weighted by atomic mass is 10.1. The van der Waals surface area contributed by atoms with E-state index >= 15 is 0 Å². The molecule has 0 saturated carbocycles. The van der Waals surface area contributed by atoms with Gasteiger partial charge in [-0.25, -0.2) is 0 Å². The van der Waals surface area contributed by atoms with Gasteiger partial charge in [0.2, 0.25) is 0 Å². The molecule has 3 rings (SSSR count). The van der Waals surface area contributed by atoms with Crippen LogP contribution < -0.4 is 5.32 Å². The van der Waals surface area contributed by atoms with Gasteiger partial charge in [-0.15, -0.1) is 0 Å². The molecule has 0 aliphatic heterocycles. The van der Waals surface area contributed by atoms with Gasteiger partial charge in [0.15, 0.2) is 0 Å². The lowest BCUT2D eigenvalue weighted by Crippen LogP contribution is -1.92. The zero-order valence-electron chi connectivity index (χ0n) is 10.2. The van der Waals surface area contributed by atoms with Crippen LogP contribution in [0.4, 0.5) is 11.4 Å². The Balaban J connectivity index is 2.02. The molecule has 0 spiro atoms. The minimum atomic E-state index is 1.04. The lowest BCUT2D eigenvalue weighted by molar-refractivity contribution is 1.35. The molecule has 0 saturated heterocycles. The molecule has 1 aromatic heterocycles. The number of anilines is 2. The van der Waals surface area contributed by atoms with Crippen molar-refractivity contribution >= 4 is 22.1 Å². The van der Waals surface area contributed by atoms with E-state index in [1.165, 1.54) is 10.9 Å². The Kier molecular flexibility index (Phi) is 2.69. The second-order valence-corrected chi connectivity index (χ2v) is 4.40. The van der Waals surface area contributed by atoms with E-state index in [-0.39, 0.29) is 0 Å². The molecule has 0 unspecified atom stereocenters. The third-order valence-corrected chi connectivity index (χ3v) is 3.00. The molecule has 1 N–H and O–H groups in total. The van der Waals surface area contributed by atoms with Gasteiger partial charge in [-0.1, -0.05) is 42.0 Å². The van der Waals surface area contributed by atoms with E-state index in [9.17, 15) is 0 Å². The number of hydrogen-bond acceptors (Lipinski definition) is 2. The van der Waals surface area contributed by atoms with Crippen LogP contribution in [0.15, 0.2) is 60.9 Å².